The minimum Gasteiger partial charge on any atom is -0.310 e. The lowest BCUT2D eigenvalue weighted by Crippen LogP contribution is -2.32. The van der Waals surface area contributed by atoms with E-state index in [9.17, 15) is 0 Å². The molecule has 1 heterocycles. The van der Waals surface area contributed by atoms with E-state index in [1.54, 1.807) is 0 Å². The average Bonchev–Trinajstić information content (AvgIpc) is 2.72. The van der Waals surface area contributed by atoms with Crippen LogP contribution in [0.25, 0.3) is 0 Å². The number of nitrogens with one attached hydrogen (secondary N) is 1. The van der Waals surface area contributed by atoms with Gasteiger partial charge in [0.1, 0.15) is 0 Å². The predicted molar refractivity (Wildman–Crippen MR) is 82.1 cm³/mol. The largest absolute Gasteiger partial charge is 0.310 e. The van der Waals surface area contributed by atoms with Crippen molar-refractivity contribution in [3.63, 3.8) is 0 Å². The van der Waals surface area contributed by atoms with Crippen molar-refractivity contribution in [3.05, 3.63) is 21.9 Å². The highest BCUT2D eigenvalue weighted by Crippen LogP contribution is 2.20. The Balaban J connectivity index is 2.48. The zero-order chi connectivity index (χ0) is 13.7. The topological polar surface area (TPSA) is 15.3 Å². The van der Waals surface area contributed by atoms with Gasteiger partial charge in [0.2, 0.25) is 0 Å². The molecule has 1 aromatic heterocycles. The van der Waals surface area contributed by atoms with Gasteiger partial charge in [-0.2, -0.15) is 0 Å². The molecule has 1 N–H and O–H groups in total. The molecular formula is C15H28N2S. The number of hydrogen-bond acceptors (Lipinski definition) is 3. The van der Waals surface area contributed by atoms with Crippen molar-refractivity contribution in [3.8, 4) is 0 Å². The summed E-state index contributed by atoms with van der Waals surface area (Å²) in [6.45, 7) is 13.3. The smallest absolute Gasteiger partial charge is 0.0327 e. The Hall–Kier alpha value is -0.380. The standard InChI is InChI=1S/C15H28N2S/c1-11(2)13(5)17(6)10-15-8-7-14(18-15)9-16-12(3)4/h7-8,11-13,16H,9-10H2,1-6H3. The normalized spacial score (nSPS) is 13.8. The van der Waals surface area contributed by atoms with Crippen molar-refractivity contribution < 1.29 is 0 Å². The Labute approximate surface area is 116 Å². The fourth-order valence-electron chi connectivity index (χ4n) is 1.81. The summed E-state index contributed by atoms with van der Waals surface area (Å²) < 4.78 is 0. The Morgan fingerprint density at radius 1 is 1.11 bits per heavy atom. The Bertz CT molecular complexity index is 344. The lowest BCUT2D eigenvalue weighted by atomic mass is 10.1. The fraction of sp³-hybridized carbons (Fsp3) is 0.733. The first-order valence-electron chi connectivity index (χ1n) is 6.91. The minimum absolute atomic E-state index is 0.555. The molecule has 0 radical (unpaired) electrons. The molecule has 0 aliphatic rings. The van der Waals surface area contributed by atoms with Crippen LogP contribution in [0, 0.1) is 5.92 Å². The van der Waals surface area contributed by atoms with Crippen molar-refractivity contribution >= 4 is 11.3 Å². The maximum absolute atomic E-state index is 3.47. The highest BCUT2D eigenvalue weighted by Gasteiger charge is 2.14. The van der Waals surface area contributed by atoms with Gasteiger partial charge in [-0.3, -0.25) is 4.90 Å². The molecule has 1 aromatic rings. The van der Waals surface area contributed by atoms with Crippen LogP contribution < -0.4 is 5.32 Å². The second kappa shape index (κ2) is 7.27. The van der Waals surface area contributed by atoms with Gasteiger partial charge in [-0.15, -0.1) is 11.3 Å². The molecule has 0 bridgehead atoms. The molecule has 0 aromatic carbocycles. The number of rotatable bonds is 7. The predicted octanol–water partition coefficient (Wildman–Crippen LogP) is 3.72. The van der Waals surface area contributed by atoms with Gasteiger partial charge in [-0.25, -0.2) is 0 Å². The molecule has 0 saturated heterocycles. The summed E-state index contributed by atoms with van der Waals surface area (Å²) in [4.78, 5) is 5.34. The maximum atomic E-state index is 3.47. The van der Waals surface area contributed by atoms with Gasteiger partial charge < -0.3 is 5.32 Å². The van der Waals surface area contributed by atoms with Gasteiger partial charge in [0, 0.05) is 34.9 Å². The Kier molecular flexibility index (Phi) is 6.33. The van der Waals surface area contributed by atoms with Crippen molar-refractivity contribution in [2.75, 3.05) is 7.05 Å². The fourth-order valence-corrected chi connectivity index (χ4v) is 2.84. The molecule has 1 atom stereocenters. The van der Waals surface area contributed by atoms with Crippen LogP contribution in [0.3, 0.4) is 0 Å². The molecule has 1 unspecified atom stereocenters. The number of hydrogen-bond donors (Lipinski definition) is 1. The van der Waals surface area contributed by atoms with Crippen LogP contribution in [0.1, 0.15) is 44.4 Å². The lowest BCUT2D eigenvalue weighted by Gasteiger charge is -2.27. The van der Waals surface area contributed by atoms with Crippen LogP contribution in [0.5, 0.6) is 0 Å². The summed E-state index contributed by atoms with van der Waals surface area (Å²) in [5.74, 6) is 0.706. The van der Waals surface area contributed by atoms with Gasteiger partial charge in [0.25, 0.3) is 0 Å². The van der Waals surface area contributed by atoms with E-state index < -0.39 is 0 Å². The average molecular weight is 268 g/mol. The first-order chi connectivity index (χ1) is 8.40. The quantitative estimate of drug-likeness (QED) is 0.811. The number of nitrogens with zero attached hydrogens (tertiary/aromatic N) is 1. The summed E-state index contributed by atoms with van der Waals surface area (Å²) in [6.07, 6.45) is 0. The molecule has 0 amide bonds. The van der Waals surface area contributed by atoms with Crippen molar-refractivity contribution in [1.82, 2.24) is 10.2 Å². The van der Waals surface area contributed by atoms with Crippen molar-refractivity contribution in [2.24, 2.45) is 5.92 Å². The van der Waals surface area contributed by atoms with Crippen LogP contribution in [-0.4, -0.2) is 24.0 Å². The molecule has 0 aliphatic heterocycles. The summed E-state index contributed by atoms with van der Waals surface area (Å²) in [6, 6.07) is 5.71. The SMILES string of the molecule is CC(C)NCc1ccc(CN(C)C(C)C(C)C)s1. The van der Waals surface area contributed by atoms with Crippen molar-refractivity contribution in [2.45, 2.75) is 59.8 Å². The second-order valence-corrected chi connectivity index (χ2v) is 7.06. The molecular weight excluding hydrogens is 240 g/mol. The summed E-state index contributed by atoms with van der Waals surface area (Å²) in [5.41, 5.74) is 0. The number of thiophene rings is 1. The van der Waals surface area contributed by atoms with E-state index in [1.165, 1.54) is 9.75 Å². The second-order valence-electron chi connectivity index (χ2n) is 5.80. The first-order valence-corrected chi connectivity index (χ1v) is 7.73. The molecule has 1 rings (SSSR count). The van der Waals surface area contributed by atoms with Gasteiger partial charge in [0.15, 0.2) is 0 Å². The van der Waals surface area contributed by atoms with Crippen molar-refractivity contribution in [1.29, 1.82) is 0 Å². The minimum atomic E-state index is 0.555. The van der Waals surface area contributed by atoms with E-state index >= 15 is 0 Å². The van der Waals surface area contributed by atoms with Crippen LogP contribution in [0.2, 0.25) is 0 Å². The third-order valence-electron chi connectivity index (χ3n) is 3.47. The molecule has 0 saturated carbocycles. The Morgan fingerprint density at radius 3 is 2.28 bits per heavy atom. The van der Waals surface area contributed by atoms with Crippen LogP contribution in [0.15, 0.2) is 12.1 Å². The van der Waals surface area contributed by atoms with Gasteiger partial charge in [-0.05, 0) is 32.0 Å². The molecule has 0 aliphatic carbocycles. The molecule has 18 heavy (non-hydrogen) atoms. The Morgan fingerprint density at radius 2 is 1.72 bits per heavy atom. The van der Waals surface area contributed by atoms with Gasteiger partial charge in [-0.1, -0.05) is 27.7 Å². The maximum Gasteiger partial charge on any atom is 0.0327 e. The van der Waals surface area contributed by atoms with Crippen LogP contribution in [0.4, 0.5) is 0 Å². The molecule has 2 nitrogen and oxygen atoms in total. The third-order valence-corrected chi connectivity index (χ3v) is 4.54. The van der Waals surface area contributed by atoms with E-state index in [-0.39, 0.29) is 0 Å². The van der Waals surface area contributed by atoms with Gasteiger partial charge in [0.05, 0.1) is 0 Å². The third kappa shape index (κ3) is 5.09. The van der Waals surface area contributed by atoms with Crippen LogP contribution in [-0.2, 0) is 13.1 Å². The van der Waals surface area contributed by atoms with E-state index in [0.717, 1.165) is 13.1 Å². The highest BCUT2D eigenvalue weighted by molar-refractivity contribution is 7.11. The van der Waals surface area contributed by atoms with E-state index in [4.69, 9.17) is 0 Å². The zero-order valence-electron chi connectivity index (χ0n) is 12.7. The molecule has 0 fully saturated rings. The summed E-state index contributed by atoms with van der Waals surface area (Å²) in [7, 11) is 2.22. The van der Waals surface area contributed by atoms with E-state index in [1.807, 2.05) is 11.3 Å². The summed E-state index contributed by atoms with van der Waals surface area (Å²) >= 11 is 1.93. The monoisotopic (exact) mass is 268 g/mol. The van der Waals surface area contributed by atoms with Crippen LogP contribution >= 0.6 is 11.3 Å². The molecule has 104 valence electrons. The first kappa shape index (κ1) is 15.7. The highest BCUT2D eigenvalue weighted by atomic mass is 32.1. The lowest BCUT2D eigenvalue weighted by molar-refractivity contribution is 0.202. The van der Waals surface area contributed by atoms with E-state index in [0.29, 0.717) is 18.0 Å². The van der Waals surface area contributed by atoms with E-state index in [2.05, 4.69) is 64.0 Å². The summed E-state index contributed by atoms with van der Waals surface area (Å²) in [5, 5.41) is 3.47. The molecule has 0 spiro atoms. The molecule has 3 heteroatoms. The van der Waals surface area contributed by atoms with Gasteiger partial charge >= 0.3 is 0 Å². The zero-order valence-corrected chi connectivity index (χ0v) is 13.5.